The van der Waals surface area contributed by atoms with Crippen molar-refractivity contribution in [2.24, 2.45) is 0 Å². The maximum atomic E-state index is 2.58. The predicted molar refractivity (Wildman–Crippen MR) is 295 cm³/mol. The van der Waals surface area contributed by atoms with E-state index in [9.17, 15) is 0 Å². The zero-order valence-corrected chi connectivity index (χ0v) is 40.5. The average Bonchev–Trinajstić information content (AvgIpc) is 3.83. The molecule has 0 aromatic heterocycles. The van der Waals surface area contributed by atoms with Crippen LogP contribution in [-0.4, -0.2) is 0 Å². The van der Waals surface area contributed by atoms with E-state index in [0.29, 0.717) is 5.92 Å². The number of anilines is 3. The molecule has 1 nitrogen and oxygen atoms in total. The second kappa shape index (κ2) is 17.5. The van der Waals surface area contributed by atoms with Gasteiger partial charge in [-0.25, -0.2) is 0 Å². The molecule has 3 aliphatic rings. The van der Waals surface area contributed by atoms with Crippen molar-refractivity contribution < 1.29 is 0 Å². The van der Waals surface area contributed by atoms with Gasteiger partial charge in [0.05, 0.1) is 5.41 Å². The molecular formula is C69H57N. The zero-order valence-electron chi connectivity index (χ0n) is 40.5. The molecule has 0 saturated carbocycles. The van der Waals surface area contributed by atoms with Crippen LogP contribution < -0.4 is 4.90 Å². The number of para-hydroxylation sites is 2. The van der Waals surface area contributed by atoms with Gasteiger partial charge in [0.2, 0.25) is 0 Å². The van der Waals surface area contributed by atoms with Crippen molar-refractivity contribution in [2.45, 2.75) is 57.3 Å². The summed E-state index contributed by atoms with van der Waals surface area (Å²) < 4.78 is 0. The Morgan fingerprint density at radius 1 is 0.400 bits per heavy atom. The molecule has 0 heterocycles. The molecule has 1 atom stereocenters. The Balaban J connectivity index is 0.000000666. The number of fused-ring (bicyclic) bond motifs is 9. The van der Waals surface area contributed by atoms with Crippen molar-refractivity contribution in [2.75, 3.05) is 4.90 Å². The van der Waals surface area contributed by atoms with Gasteiger partial charge in [-0.1, -0.05) is 214 Å². The summed E-state index contributed by atoms with van der Waals surface area (Å²) in [5, 5.41) is 0. The van der Waals surface area contributed by atoms with E-state index in [4.69, 9.17) is 0 Å². The highest BCUT2D eigenvalue weighted by Gasteiger charge is 2.47. The molecule has 0 fully saturated rings. The van der Waals surface area contributed by atoms with Gasteiger partial charge in [0.15, 0.2) is 0 Å². The van der Waals surface area contributed by atoms with E-state index in [2.05, 4.69) is 257 Å². The lowest BCUT2D eigenvalue weighted by molar-refractivity contribution is 0.637. The third-order valence-electron chi connectivity index (χ3n) is 15.6. The van der Waals surface area contributed by atoms with E-state index in [1.54, 1.807) is 0 Å². The molecule has 0 spiro atoms. The third-order valence-corrected chi connectivity index (χ3v) is 15.6. The molecule has 0 radical (unpaired) electrons. The molecule has 10 aromatic carbocycles. The third kappa shape index (κ3) is 7.06. The van der Waals surface area contributed by atoms with E-state index in [1.807, 2.05) is 18.2 Å². The first-order valence-electron chi connectivity index (χ1n) is 25.1. The summed E-state index contributed by atoms with van der Waals surface area (Å²) in [5.74, 6) is 0.503. The van der Waals surface area contributed by atoms with Gasteiger partial charge in [-0.05, 0) is 169 Å². The maximum Gasteiger partial charge on any atom is 0.0714 e. The number of rotatable bonds is 7. The molecule has 0 aliphatic heterocycles. The van der Waals surface area contributed by atoms with E-state index in [-0.39, 0.29) is 5.41 Å². The fourth-order valence-corrected chi connectivity index (χ4v) is 12.2. The Bertz CT molecular complexity index is 3440. The molecule has 0 N–H and O–H groups in total. The molecule has 13 rings (SSSR count). The van der Waals surface area contributed by atoms with Crippen molar-refractivity contribution in [3.05, 3.63) is 293 Å². The van der Waals surface area contributed by atoms with Crippen molar-refractivity contribution >= 4 is 17.1 Å². The van der Waals surface area contributed by atoms with Crippen molar-refractivity contribution in [1.29, 1.82) is 0 Å². The monoisotopic (exact) mass is 899 g/mol. The van der Waals surface area contributed by atoms with Crippen LogP contribution in [0.15, 0.2) is 243 Å². The minimum absolute atomic E-state index is 0.0183. The molecule has 0 bridgehead atoms. The number of hydrogen-bond acceptors (Lipinski definition) is 1. The molecule has 0 unspecified atom stereocenters. The zero-order chi connectivity index (χ0) is 47.4. The van der Waals surface area contributed by atoms with Crippen LogP contribution in [0, 0.1) is 6.92 Å². The lowest BCUT2D eigenvalue weighted by Gasteiger charge is -2.35. The van der Waals surface area contributed by atoms with Gasteiger partial charge < -0.3 is 4.90 Å². The van der Waals surface area contributed by atoms with Crippen LogP contribution >= 0.6 is 0 Å². The first-order valence-corrected chi connectivity index (χ1v) is 25.1. The molecule has 3 aliphatic carbocycles. The molecule has 338 valence electrons. The number of aryl methyl sites for hydroxylation is 1. The van der Waals surface area contributed by atoms with Crippen LogP contribution in [0.5, 0.6) is 0 Å². The highest BCUT2D eigenvalue weighted by atomic mass is 15.1. The van der Waals surface area contributed by atoms with Gasteiger partial charge in [0.1, 0.15) is 0 Å². The van der Waals surface area contributed by atoms with Gasteiger partial charge in [0, 0.05) is 22.5 Å². The largest absolute Gasteiger partial charge is 0.310 e. The fourth-order valence-electron chi connectivity index (χ4n) is 12.2. The summed E-state index contributed by atoms with van der Waals surface area (Å²) >= 11 is 0. The maximum absolute atomic E-state index is 2.58. The lowest BCUT2D eigenvalue weighted by atomic mass is 9.67. The van der Waals surface area contributed by atoms with Gasteiger partial charge >= 0.3 is 0 Å². The Labute approximate surface area is 414 Å². The molecule has 10 aromatic rings. The Morgan fingerprint density at radius 3 is 1.51 bits per heavy atom. The minimum Gasteiger partial charge on any atom is -0.310 e. The van der Waals surface area contributed by atoms with Gasteiger partial charge in [-0.3, -0.25) is 0 Å². The highest BCUT2D eigenvalue weighted by molar-refractivity contribution is 5.93. The molecular weight excluding hydrogens is 843 g/mol. The molecule has 0 saturated heterocycles. The van der Waals surface area contributed by atoms with Crippen LogP contribution in [0.3, 0.4) is 0 Å². The summed E-state index contributed by atoms with van der Waals surface area (Å²) in [6.45, 7) is 9.25. The second-order valence-electron chi connectivity index (χ2n) is 20.0. The van der Waals surface area contributed by atoms with Crippen LogP contribution in [0.25, 0.3) is 44.5 Å². The minimum atomic E-state index is -0.561. The van der Waals surface area contributed by atoms with Gasteiger partial charge in [0.25, 0.3) is 0 Å². The van der Waals surface area contributed by atoms with Crippen LogP contribution in [0.4, 0.5) is 17.1 Å². The van der Waals surface area contributed by atoms with Crippen LogP contribution in [-0.2, 0) is 17.3 Å². The number of hydrogen-bond donors (Lipinski definition) is 0. The fraction of sp³-hybridized carbons (Fsp3) is 0.130. The van der Waals surface area contributed by atoms with Crippen molar-refractivity contribution in [1.82, 2.24) is 0 Å². The molecule has 0 amide bonds. The predicted octanol–water partition coefficient (Wildman–Crippen LogP) is 18.2. The Hall–Kier alpha value is -8.00. The lowest BCUT2D eigenvalue weighted by Crippen LogP contribution is -2.28. The first-order chi connectivity index (χ1) is 34.3. The molecule has 1 heteroatoms. The van der Waals surface area contributed by atoms with E-state index in [1.165, 1.54) is 94.6 Å². The topological polar surface area (TPSA) is 3.24 Å². The Morgan fingerprint density at radius 2 is 0.914 bits per heavy atom. The van der Waals surface area contributed by atoms with Crippen molar-refractivity contribution in [3.8, 4) is 44.5 Å². The first kappa shape index (κ1) is 43.3. The highest BCUT2D eigenvalue weighted by Crippen LogP contribution is 2.59. The number of benzene rings is 10. The smallest absolute Gasteiger partial charge is 0.0714 e. The quantitative estimate of drug-likeness (QED) is 0.154. The summed E-state index contributed by atoms with van der Waals surface area (Å²) in [7, 11) is 0. The standard InChI is InChI=1S/C62H49N.C7H8/c1-4-41-35-44-30-29-42(36-53(44)55-39-56-50-27-17-18-28-57(50)61(2,3)58(56)40-54(41)55)43-31-33-51-52-34-32-49(63(47-23-13-7-14-24-47)48-25-15-8-16-26-48)38-60(52)62(59(51)37-43,45-19-9-5-10-20-45)46-21-11-6-12-22-46;1-7-5-3-2-4-6-7/h5-34,36-41H,4,35H2,1-3H3;2-6H,1H3/t41-;/m0./s1. The summed E-state index contributed by atoms with van der Waals surface area (Å²) in [6.07, 6.45) is 2.20. The number of nitrogens with zero attached hydrogens (tertiary/aromatic N) is 1. The van der Waals surface area contributed by atoms with Crippen LogP contribution in [0.2, 0.25) is 0 Å². The molecule has 70 heavy (non-hydrogen) atoms. The normalized spacial score (nSPS) is 14.9. The summed E-state index contributed by atoms with van der Waals surface area (Å²) in [4.78, 5) is 2.39. The van der Waals surface area contributed by atoms with E-state index >= 15 is 0 Å². The van der Waals surface area contributed by atoms with Gasteiger partial charge in [-0.2, -0.15) is 0 Å². The van der Waals surface area contributed by atoms with E-state index in [0.717, 1.165) is 29.9 Å². The van der Waals surface area contributed by atoms with E-state index < -0.39 is 5.41 Å². The summed E-state index contributed by atoms with van der Waals surface area (Å²) in [5.41, 5.74) is 25.7. The Kier molecular flexibility index (Phi) is 10.8. The second-order valence-corrected chi connectivity index (χ2v) is 20.0. The van der Waals surface area contributed by atoms with Crippen LogP contribution in [0.1, 0.15) is 83.2 Å². The SMILES string of the molecule is CC[C@H]1Cc2ccc(-c3ccc4c(c3)C(c3ccccc3)(c3ccccc3)c3cc(N(c5ccccc5)c5ccccc5)ccc3-4)cc2-c2cc3c(cc21)C(C)(C)c1ccccc1-3.Cc1ccccc1. The van der Waals surface area contributed by atoms with Crippen molar-refractivity contribution in [3.63, 3.8) is 0 Å². The average molecular weight is 900 g/mol. The van der Waals surface area contributed by atoms with Gasteiger partial charge in [-0.15, -0.1) is 0 Å². The summed E-state index contributed by atoms with van der Waals surface area (Å²) in [6, 6.07) is 90.1.